The number of hydrogen-bond donors (Lipinski definition) is 2. The molecule has 1 saturated heterocycles. The van der Waals surface area contributed by atoms with Gasteiger partial charge in [-0.2, -0.15) is 0 Å². The molecule has 33 heavy (non-hydrogen) atoms. The van der Waals surface area contributed by atoms with Crippen LogP contribution in [-0.2, 0) is 13.1 Å². The van der Waals surface area contributed by atoms with E-state index in [1.165, 1.54) is 16.7 Å². The first-order valence-corrected chi connectivity index (χ1v) is 11.7. The highest BCUT2D eigenvalue weighted by atomic mass is 16.2. The van der Waals surface area contributed by atoms with Gasteiger partial charge >= 0.3 is 6.03 Å². The van der Waals surface area contributed by atoms with E-state index in [0.717, 1.165) is 50.3 Å². The number of carbonyl (C=O) groups is 1. The lowest BCUT2D eigenvalue weighted by atomic mass is 10.0. The monoisotopic (exact) mass is 442 g/mol. The standard InChI is InChI=1S/C28H34N4O/c1-31(2)20-23-9-6-10-25(19-23)24-11-13-26(14-12-24)29-28(33)30-27-15-17-32(18-16-27)21-22-7-4-3-5-8-22/h3-14,19,27H,15-18,20-21H2,1-2H3,(H2,29,30,33). The van der Waals surface area contributed by atoms with Crippen LogP contribution in [0.4, 0.5) is 10.5 Å². The number of piperidine rings is 1. The third-order valence-electron chi connectivity index (χ3n) is 6.07. The Kier molecular flexibility index (Phi) is 7.76. The van der Waals surface area contributed by atoms with Gasteiger partial charge in [0.2, 0.25) is 0 Å². The van der Waals surface area contributed by atoms with E-state index in [1.54, 1.807) is 0 Å². The summed E-state index contributed by atoms with van der Waals surface area (Å²) >= 11 is 0. The highest BCUT2D eigenvalue weighted by Crippen LogP contribution is 2.23. The van der Waals surface area contributed by atoms with Crippen LogP contribution in [-0.4, -0.2) is 49.1 Å². The highest BCUT2D eigenvalue weighted by Gasteiger charge is 2.20. The summed E-state index contributed by atoms with van der Waals surface area (Å²) in [6.45, 7) is 3.89. The quantitative estimate of drug-likeness (QED) is 0.529. The lowest BCUT2D eigenvalue weighted by molar-refractivity contribution is 0.190. The van der Waals surface area contributed by atoms with Gasteiger partial charge in [0.1, 0.15) is 0 Å². The molecule has 0 radical (unpaired) electrons. The van der Waals surface area contributed by atoms with Gasteiger partial charge in [-0.15, -0.1) is 0 Å². The zero-order valence-corrected chi connectivity index (χ0v) is 19.6. The van der Waals surface area contributed by atoms with E-state index >= 15 is 0 Å². The number of benzene rings is 3. The van der Waals surface area contributed by atoms with Crippen molar-refractivity contribution >= 4 is 11.7 Å². The van der Waals surface area contributed by atoms with Crippen LogP contribution in [0, 0.1) is 0 Å². The Labute approximate surface area is 197 Å². The number of amides is 2. The summed E-state index contributed by atoms with van der Waals surface area (Å²) in [4.78, 5) is 17.1. The molecule has 0 bridgehead atoms. The highest BCUT2D eigenvalue weighted by molar-refractivity contribution is 5.89. The molecule has 2 N–H and O–H groups in total. The average Bonchev–Trinajstić information content (AvgIpc) is 2.81. The number of nitrogens with zero attached hydrogens (tertiary/aromatic N) is 2. The maximum Gasteiger partial charge on any atom is 0.319 e. The van der Waals surface area contributed by atoms with Crippen molar-refractivity contribution in [2.75, 3.05) is 32.5 Å². The molecule has 1 fully saturated rings. The molecule has 1 aliphatic rings. The van der Waals surface area contributed by atoms with Crippen molar-refractivity contribution in [3.8, 4) is 11.1 Å². The van der Waals surface area contributed by atoms with Crippen LogP contribution < -0.4 is 10.6 Å². The summed E-state index contributed by atoms with van der Waals surface area (Å²) < 4.78 is 0. The Hall–Kier alpha value is -3.15. The Morgan fingerprint density at radius 1 is 0.879 bits per heavy atom. The van der Waals surface area contributed by atoms with Crippen molar-refractivity contribution in [3.63, 3.8) is 0 Å². The molecule has 0 unspecified atom stereocenters. The van der Waals surface area contributed by atoms with Crippen molar-refractivity contribution in [1.29, 1.82) is 0 Å². The minimum absolute atomic E-state index is 0.128. The number of carbonyl (C=O) groups excluding carboxylic acids is 1. The first kappa shape index (κ1) is 23.0. The number of hydrogen-bond acceptors (Lipinski definition) is 3. The van der Waals surface area contributed by atoms with Gasteiger partial charge in [-0.1, -0.05) is 60.7 Å². The van der Waals surface area contributed by atoms with Crippen LogP contribution in [0.1, 0.15) is 24.0 Å². The molecule has 0 atom stereocenters. The number of urea groups is 1. The molecule has 3 aromatic rings. The largest absolute Gasteiger partial charge is 0.335 e. The third kappa shape index (κ3) is 6.91. The van der Waals surface area contributed by atoms with Gasteiger partial charge in [-0.25, -0.2) is 4.79 Å². The van der Waals surface area contributed by atoms with E-state index in [-0.39, 0.29) is 12.1 Å². The maximum absolute atomic E-state index is 12.5. The SMILES string of the molecule is CN(C)Cc1cccc(-c2ccc(NC(=O)NC3CCN(Cc4ccccc4)CC3)cc2)c1. The molecule has 5 heteroatoms. The zero-order valence-electron chi connectivity index (χ0n) is 19.6. The lowest BCUT2D eigenvalue weighted by Crippen LogP contribution is -2.45. The van der Waals surface area contributed by atoms with E-state index in [0.29, 0.717) is 0 Å². The summed E-state index contributed by atoms with van der Waals surface area (Å²) in [7, 11) is 4.15. The Balaban J connectivity index is 1.25. The van der Waals surface area contributed by atoms with E-state index in [9.17, 15) is 4.79 Å². The van der Waals surface area contributed by atoms with Crippen molar-refractivity contribution in [1.82, 2.24) is 15.1 Å². The van der Waals surface area contributed by atoms with Crippen LogP contribution >= 0.6 is 0 Å². The van der Waals surface area contributed by atoms with E-state index in [2.05, 4.69) is 101 Å². The van der Waals surface area contributed by atoms with Gasteiger partial charge in [0, 0.05) is 37.9 Å². The molecular formula is C28H34N4O. The summed E-state index contributed by atoms with van der Waals surface area (Å²) in [5.74, 6) is 0. The molecule has 0 saturated carbocycles. The normalized spacial score (nSPS) is 14.9. The van der Waals surface area contributed by atoms with Crippen LogP contribution in [0.3, 0.4) is 0 Å². The van der Waals surface area contributed by atoms with Gasteiger partial charge in [0.15, 0.2) is 0 Å². The molecule has 4 rings (SSSR count). The molecule has 5 nitrogen and oxygen atoms in total. The number of nitrogens with one attached hydrogen (secondary N) is 2. The van der Waals surface area contributed by atoms with Crippen LogP contribution in [0.25, 0.3) is 11.1 Å². The Morgan fingerprint density at radius 3 is 2.27 bits per heavy atom. The first-order chi connectivity index (χ1) is 16.0. The lowest BCUT2D eigenvalue weighted by Gasteiger charge is -2.32. The number of likely N-dealkylation sites (tertiary alicyclic amines) is 1. The molecule has 0 aromatic heterocycles. The summed E-state index contributed by atoms with van der Waals surface area (Å²) in [6, 6.07) is 27.3. The predicted molar refractivity (Wildman–Crippen MR) is 136 cm³/mol. The topological polar surface area (TPSA) is 47.6 Å². The Bertz CT molecular complexity index is 1030. The van der Waals surface area contributed by atoms with E-state index in [4.69, 9.17) is 0 Å². The second-order valence-electron chi connectivity index (χ2n) is 9.15. The second-order valence-corrected chi connectivity index (χ2v) is 9.15. The second kappa shape index (κ2) is 11.1. The van der Waals surface area contributed by atoms with Gasteiger partial charge in [0.05, 0.1) is 0 Å². The fourth-order valence-corrected chi connectivity index (χ4v) is 4.39. The van der Waals surface area contributed by atoms with Gasteiger partial charge in [0.25, 0.3) is 0 Å². The van der Waals surface area contributed by atoms with Crippen molar-refractivity contribution in [3.05, 3.63) is 90.0 Å². The first-order valence-electron chi connectivity index (χ1n) is 11.7. The van der Waals surface area contributed by atoms with Crippen molar-refractivity contribution in [2.45, 2.75) is 32.0 Å². The summed E-state index contributed by atoms with van der Waals surface area (Å²) in [6.07, 6.45) is 1.95. The van der Waals surface area contributed by atoms with E-state index in [1.807, 2.05) is 12.1 Å². The Morgan fingerprint density at radius 2 is 1.58 bits per heavy atom. The number of anilines is 1. The molecular weight excluding hydrogens is 408 g/mol. The number of rotatable bonds is 7. The maximum atomic E-state index is 12.5. The minimum Gasteiger partial charge on any atom is -0.335 e. The summed E-state index contributed by atoms with van der Waals surface area (Å²) in [5, 5.41) is 6.13. The zero-order chi connectivity index (χ0) is 23.0. The van der Waals surface area contributed by atoms with Gasteiger partial charge in [-0.3, -0.25) is 4.90 Å². The van der Waals surface area contributed by atoms with Gasteiger partial charge in [-0.05, 0) is 67.4 Å². The summed E-state index contributed by atoms with van der Waals surface area (Å²) in [5.41, 5.74) is 5.77. The molecule has 172 valence electrons. The van der Waals surface area contributed by atoms with Gasteiger partial charge < -0.3 is 15.5 Å². The van der Waals surface area contributed by atoms with E-state index < -0.39 is 0 Å². The molecule has 3 aromatic carbocycles. The average molecular weight is 443 g/mol. The van der Waals surface area contributed by atoms with Crippen molar-refractivity contribution < 1.29 is 4.79 Å². The van der Waals surface area contributed by atoms with Crippen LogP contribution in [0.5, 0.6) is 0 Å². The molecule has 1 heterocycles. The third-order valence-corrected chi connectivity index (χ3v) is 6.07. The molecule has 0 aliphatic carbocycles. The fourth-order valence-electron chi connectivity index (χ4n) is 4.39. The van der Waals surface area contributed by atoms with Crippen molar-refractivity contribution in [2.24, 2.45) is 0 Å². The smallest absolute Gasteiger partial charge is 0.319 e. The molecule has 1 aliphatic heterocycles. The van der Waals surface area contributed by atoms with Crippen LogP contribution in [0.2, 0.25) is 0 Å². The van der Waals surface area contributed by atoms with Crippen LogP contribution in [0.15, 0.2) is 78.9 Å². The predicted octanol–water partition coefficient (Wildman–Crippen LogP) is 5.20. The molecule has 2 amide bonds. The fraction of sp³-hybridized carbons (Fsp3) is 0.321. The minimum atomic E-state index is -0.128. The molecule has 0 spiro atoms.